The SMILES string of the molecule is Cc1c(C(=O)OC(C)(C)C)nnn1Cc1sccc1Br. The van der Waals surface area contributed by atoms with Crippen molar-refractivity contribution in [2.45, 2.75) is 39.8 Å². The number of nitrogens with zero attached hydrogens (tertiary/aromatic N) is 3. The maximum Gasteiger partial charge on any atom is 0.361 e. The average Bonchev–Trinajstić information content (AvgIpc) is 2.86. The Hall–Kier alpha value is -1.21. The van der Waals surface area contributed by atoms with E-state index in [4.69, 9.17) is 4.74 Å². The van der Waals surface area contributed by atoms with E-state index in [0.717, 1.165) is 9.35 Å². The molecule has 0 saturated heterocycles. The summed E-state index contributed by atoms with van der Waals surface area (Å²) in [5, 5.41) is 9.97. The van der Waals surface area contributed by atoms with Gasteiger partial charge in [-0.2, -0.15) is 0 Å². The molecule has 2 aromatic rings. The van der Waals surface area contributed by atoms with E-state index in [-0.39, 0.29) is 5.69 Å². The van der Waals surface area contributed by atoms with E-state index in [9.17, 15) is 4.79 Å². The zero-order valence-electron chi connectivity index (χ0n) is 11.8. The highest BCUT2D eigenvalue weighted by molar-refractivity contribution is 9.10. The van der Waals surface area contributed by atoms with Gasteiger partial charge in [0, 0.05) is 9.35 Å². The first kappa shape index (κ1) is 15.2. The van der Waals surface area contributed by atoms with Gasteiger partial charge in [-0.15, -0.1) is 16.4 Å². The Morgan fingerprint density at radius 1 is 1.50 bits per heavy atom. The Labute approximate surface area is 130 Å². The van der Waals surface area contributed by atoms with Crippen molar-refractivity contribution in [1.82, 2.24) is 15.0 Å². The van der Waals surface area contributed by atoms with Crippen LogP contribution in [0.5, 0.6) is 0 Å². The van der Waals surface area contributed by atoms with E-state index in [1.807, 2.05) is 39.1 Å². The van der Waals surface area contributed by atoms with E-state index in [0.29, 0.717) is 12.2 Å². The predicted octanol–water partition coefficient (Wildman–Crippen LogP) is 3.41. The second-order valence-corrected chi connectivity index (χ2v) is 7.23. The minimum atomic E-state index is -0.538. The molecule has 0 radical (unpaired) electrons. The largest absolute Gasteiger partial charge is 0.455 e. The van der Waals surface area contributed by atoms with Gasteiger partial charge in [0.1, 0.15) is 5.60 Å². The first-order valence-corrected chi connectivity index (χ1v) is 7.80. The van der Waals surface area contributed by atoms with Crippen molar-refractivity contribution in [1.29, 1.82) is 0 Å². The van der Waals surface area contributed by atoms with Gasteiger partial charge < -0.3 is 4.74 Å². The van der Waals surface area contributed by atoms with Crippen molar-refractivity contribution in [2.75, 3.05) is 0 Å². The fraction of sp³-hybridized carbons (Fsp3) is 0.462. The Morgan fingerprint density at radius 2 is 2.20 bits per heavy atom. The van der Waals surface area contributed by atoms with Crippen LogP contribution in [0.15, 0.2) is 15.9 Å². The lowest BCUT2D eigenvalue weighted by atomic mass is 10.2. The molecule has 0 aliphatic heterocycles. The number of hydrogen-bond acceptors (Lipinski definition) is 5. The molecule has 0 aromatic carbocycles. The van der Waals surface area contributed by atoms with Crippen LogP contribution >= 0.6 is 27.3 Å². The van der Waals surface area contributed by atoms with Gasteiger partial charge in [-0.05, 0) is 55.1 Å². The summed E-state index contributed by atoms with van der Waals surface area (Å²) >= 11 is 5.11. The first-order valence-electron chi connectivity index (χ1n) is 6.13. The molecule has 5 nitrogen and oxygen atoms in total. The molecule has 0 bridgehead atoms. The van der Waals surface area contributed by atoms with Crippen molar-refractivity contribution in [3.63, 3.8) is 0 Å². The van der Waals surface area contributed by atoms with E-state index >= 15 is 0 Å². The van der Waals surface area contributed by atoms with Gasteiger partial charge in [0.05, 0.1) is 12.2 Å². The highest BCUT2D eigenvalue weighted by Crippen LogP contribution is 2.24. The molecule has 0 fully saturated rings. The Bertz CT molecular complexity index is 628. The molecule has 0 amide bonds. The van der Waals surface area contributed by atoms with Gasteiger partial charge >= 0.3 is 5.97 Å². The molecule has 0 spiro atoms. The van der Waals surface area contributed by atoms with Gasteiger partial charge in [-0.3, -0.25) is 0 Å². The van der Waals surface area contributed by atoms with Crippen LogP contribution in [0.4, 0.5) is 0 Å². The van der Waals surface area contributed by atoms with E-state index in [2.05, 4.69) is 26.2 Å². The van der Waals surface area contributed by atoms with Gasteiger partial charge in [0.25, 0.3) is 0 Å². The predicted molar refractivity (Wildman–Crippen MR) is 81.0 cm³/mol. The maximum atomic E-state index is 12.0. The Kier molecular flexibility index (Phi) is 4.29. The van der Waals surface area contributed by atoms with Gasteiger partial charge in [-0.25, -0.2) is 9.48 Å². The summed E-state index contributed by atoms with van der Waals surface area (Å²) in [5.74, 6) is -0.438. The topological polar surface area (TPSA) is 57.0 Å². The number of carbonyl (C=O) groups excluding carboxylic acids is 1. The fourth-order valence-corrected chi connectivity index (χ4v) is 3.06. The summed E-state index contributed by atoms with van der Waals surface area (Å²) in [6.07, 6.45) is 0. The minimum Gasteiger partial charge on any atom is -0.455 e. The molecule has 20 heavy (non-hydrogen) atoms. The van der Waals surface area contributed by atoms with Crippen molar-refractivity contribution < 1.29 is 9.53 Å². The van der Waals surface area contributed by atoms with E-state index < -0.39 is 11.6 Å². The Morgan fingerprint density at radius 3 is 2.75 bits per heavy atom. The number of ether oxygens (including phenoxy) is 1. The molecule has 0 saturated carbocycles. The molecule has 2 heterocycles. The summed E-state index contributed by atoms with van der Waals surface area (Å²) in [7, 11) is 0. The maximum absolute atomic E-state index is 12.0. The number of halogens is 1. The minimum absolute atomic E-state index is 0.271. The number of carbonyl (C=O) groups is 1. The molecule has 0 atom stereocenters. The van der Waals surface area contributed by atoms with Crippen LogP contribution in [-0.4, -0.2) is 26.6 Å². The van der Waals surface area contributed by atoms with E-state index in [1.165, 1.54) is 0 Å². The van der Waals surface area contributed by atoms with Crippen LogP contribution in [0, 0.1) is 6.92 Å². The molecule has 0 aliphatic carbocycles. The molecule has 0 N–H and O–H groups in total. The molecular weight excluding hydrogens is 342 g/mol. The summed E-state index contributed by atoms with van der Waals surface area (Å²) in [6, 6.07) is 1.99. The molecule has 0 aliphatic rings. The van der Waals surface area contributed by atoms with Crippen molar-refractivity contribution in [2.24, 2.45) is 0 Å². The van der Waals surface area contributed by atoms with Gasteiger partial charge in [-0.1, -0.05) is 5.21 Å². The van der Waals surface area contributed by atoms with Crippen molar-refractivity contribution in [3.05, 3.63) is 32.2 Å². The molecule has 0 unspecified atom stereocenters. The lowest BCUT2D eigenvalue weighted by molar-refractivity contribution is 0.00619. The molecular formula is C13H16BrN3O2S. The van der Waals surface area contributed by atoms with Crippen LogP contribution in [0.1, 0.15) is 41.8 Å². The summed E-state index contributed by atoms with van der Waals surface area (Å²) in [6.45, 7) is 7.88. The highest BCUT2D eigenvalue weighted by Gasteiger charge is 2.23. The van der Waals surface area contributed by atoms with Crippen LogP contribution in [0.3, 0.4) is 0 Å². The average molecular weight is 358 g/mol. The van der Waals surface area contributed by atoms with Crippen molar-refractivity contribution in [3.8, 4) is 0 Å². The lowest BCUT2D eigenvalue weighted by Crippen LogP contribution is -2.24. The molecule has 2 aromatic heterocycles. The third kappa shape index (κ3) is 3.46. The highest BCUT2D eigenvalue weighted by atomic mass is 79.9. The molecule has 7 heteroatoms. The number of thiophene rings is 1. The smallest absolute Gasteiger partial charge is 0.361 e. The zero-order valence-corrected chi connectivity index (χ0v) is 14.2. The Balaban J connectivity index is 2.19. The lowest BCUT2D eigenvalue weighted by Gasteiger charge is -2.18. The van der Waals surface area contributed by atoms with Gasteiger partial charge in [0.15, 0.2) is 5.69 Å². The van der Waals surface area contributed by atoms with Gasteiger partial charge in [0.2, 0.25) is 0 Å². The standard InChI is InChI=1S/C13H16BrN3O2S/c1-8-11(12(18)19-13(2,3)4)15-16-17(8)7-10-9(14)5-6-20-10/h5-6H,7H2,1-4H3. The number of rotatable bonds is 3. The summed E-state index contributed by atoms with van der Waals surface area (Å²) in [4.78, 5) is 13.2. The third-order valence-corrected chi connectivity index (χ3v) is 4.47. The second-order valence-electron chi connectivity index (χ2n) is 5.37. The zero-order chi connectivity index (χ0) is 14.9. The number of esters is 1. The number of hydrogen-bond donors (Lipinski definition) is 0. The second kappa shape index (κ2) is 5.65. The normalized spacial score (nSPS) is 11.7. The van der Waals surface area contributed by atoms with E-state index in [1.54, 1.807) is 16.0 Å². The molecule has 2 rings (SSSR count). The third-order valence-electron chi connectivity index (χ3n) is 2.56. The van der Waals surface area contributed by atoms with Crippen LogP contribution in [0.25, 0.3) is 0 Å². The number of aromatic nitrogens is 3. The quantitative estimate of drug-likeness (QED) is 0.789. The fourth-order valence-electron chi connectivity index (χ4n) is 1.60. The van der Waals surface area contributed by atoms with Crippen LogP contribution in [0.2, 0.25) is 0 Å². The first-order chi connectivity index (χ1) is 9.28. The molecule has 108 valence electrons. The van der Waals surface area contributed by atoms with Crippen molar-refractivity contribution >= 4 is 33.2 Å². The van der Waals surface area contributed by atoms with Crippen LogP contribution in [-0.2, 0) is 11.3 Å². The van der Waals surface area contributed by atoms with Crippen LogP contribution < -0.4 is 0 Å². The summed E-state index contributed by atoms with van der Waals surface area (Å²) < 4.78 is 8.06. The summed E-state index contributed by atoms with van der Waals surface area (Å²) in [5.41, 5.74) is 0.441. The monoisotopic (exact) mass is 357 g/mol.